The van der Waals surface area contributed by atoms with Gasteiger partial charge in [0.15, 0.2) is 0 Å². The number of fused-ring (bicyclic) bond motifs is 2. The number of phenolic OH excluding ortho intramolecular Hbond substituents is 1. The van der Waals surface area contributed by atoms with E-state index in [2.05, 4.69) is 90.4 Å². The molecule has 0 aromatic heterocycles. The zero-order chi connectivity index (χ0) is 24.1. The van der Waals surface area contributed by atoms with Gasteiger partial charge in [-0.25, -0.2) is 0 Å². The minimum absolute atomic E-state index is 0.0409. The molecule has 1 aromatic carbocycles. The standard InChI is InChI=1S/C30H49BrO/c1-20(2)12-28(8)14-22-15-29(9,19-30(16-22,18-28)13-21(3)4)25-11-24(27(5,6)7)10-23(17-31)26(25)32/h10-11,20-22,32H,12-19H2,1-9H3. The van der Waals surface area contributed by atoms with E-state index in [9.17, 15) is 5.11 Å². The van der Waals surface area contributed by atoms with Crippen LogP contribution < -0.4 is 0 Å². The van der Waals surface area contributed by atoms with Crippen LogP contribution in [0.2, 0.25) is 0 Å². The lowest BCUT2D eigenvalue weighted by Gasteiger charge is -2.59. The molecule has 0 aliphatic heterocycles. The zero-order valence-corrected chi connectivity index (χ0v) is 24.0. The minimum Gasteiger partial charge on any atom is -0.507 e. The van der Waals surface area contributed by atoms with Gasteiger partial charge in [0.05, 0.1) is 0 Å². The fraction of sp³-hybridized carbons (Fsp3) is 0.800. The molecule has 0 saturated heterocycles. The number of hydrogen-bond acceptors (Lipinski definition) is 1. The van der Waals surface area contributed by atoms with Gasteiger partial charge in [0.1, 0.15) is 5.75 Å². The summed E-state index contributed by atoms with van der Waals surface area (Å²) in [6.45, 7) is 21.5. The number of rotatable bonds is 6. The van der Waals surface area contributed by atoms with Crippen LogP contribution in [0.15, 0.2) is 12.1 Å². The van der Waals surface area contributed by atoms with Crippen molar-refractivity contribution < 1.29 is 5.11 Å². The topological polar surface area (TPSA) is 20.2 Å². The van der Waals surface area contributed by atoms with E-state index >= 15 is 0 Å². The highest BCUT2D eigenvalue weighted by molar-refractivity contribution is 9.08. The number of hydrogen-bond donors (Lipinski definition) is 1. The molecule has 0 spiro atoms. The highest BCUT2D eigenvalue weighted by Gasteiger charge is 2.54. The van der Waals surface area contributed by atoms with Gasteiger partial charge in [-0.3, -0.25) is 0 Å². The van der Waals surface area contributed by atoms with E-state index in [1.165, 1.54) is 56.1 Å². The molecule has 1 aromatic rings. The van der Waals surface area contributed by atoms with Gasteiger partial charge < -0.3 is 5.11 Å². The highest BCUT2D eigenvalue weighted by Crippen LogP contribution is 2.64. The maximum absolute atomic E-state index is 11.4. The van der Waals surface area contributed by atoms with Gasteiger partial charge in [0.2, 0.25) is 0 Å². The summed E-state index contributed by atoms with van der Waals surface area (Å²) in [5.74, 6) is 2.78. The molecule has 2 bridgehead atoms. The predicted octanol–water partition coefficient (Wildman–Crippen LogP) is 9.52. The van der Waals surface area contributed by atoms with E-state index in [0.29, 0.717) is 27.8 Å². The molecule has 1 nitrogen and oxygen atoms in total. The third-order valence-electron chi connectivity index (χ3n) is 8.40. The lowest BCUT2D eigenvalue weighted by atomic mass is 9.46. The molecule has 0 radical (unpaired) electrons. The predicted molar refractivity (Wildman–Crippen MR) is 143 cm³/mol. The monoisotopic (exact) mass is 504 g/mol. The van der Waals surface area contributed by atoms with Crippen molar-refractivity contribution in [3.63, 3.8) is 0 Å². The lowest BCUT2D eigenvalue weighted by Crippen LogP contribution is -2.49. The zero-order valence-electron chi connectivity index (χ0n) is 22.4. The normalized spacial score (nSPS) is 33.2. The van der Waals surface area contributed by atoms with E-state index in [0.717, 1.165) is 17.4 Å². The Morgan fingerprint density at radius 3 is 2.12 bits per heavy atom. The number of benzene rings is 1. The van der Waals surface area contributed by atoms with E-state index in [1.807, 2.05) is 0 Å². The number of halogens is 1. The Hall–Kier alpha value is -0.500. The van der Waals surface area contributed by atoms with Gasteiger partial charge in [-0.1, -0.05) is 90.4 Å². The molecular formula is C30H49BrO. The summed E-state index contributed by atoms with van der Waals surface area (Å²) in [6, 6.07) is 4.57. The van der Waals surface area contributed by atoms with E-state index in [-0.39, 0.29) is 10.8 Å². The Balaban J connectivity index is 2.09. The molecule has 2 fully saturated rings. The van der Waals surface area contributed by atoms with Crippen molar-refractivity contribution in [1.29, 1.82) is 0 Å². The first-order valence-electron chi connectivity index (χ1n) is 13.0. The van der Waals surface area contributed by atoms with Crippen LogP contribution in [-0.4, -0.2) is 5.11 Å². The summed E-state index contributed by atoms with van der Waals surface area (Å²) in [5, 5.41) is 12.1. The fourth-order valence-electron chi connectivity index (χ4n) is 8.38. The Morgan fingerprint density at radius 1 is 0.969 bits per heavy atom. The molecule has 1 N–H and O–H groups in total. The van der Waals surface area contributed by atoms with Crippen molar-refractivity contribution in [1.82, 2.24) is 0 Å². The van der Waals surface area contributed by atoms with Crippen molar-refractivity contribution >= 4 is 15.9 Å². The largest absolute Gasteiger partial charge is 0.507 e. The van der Waals surface area contributed by atoms with Crippen molar-refractivity contribution in [3.05, 3.63) is 28.8 Å². The first-order chi connectivity index (χ1) is 14.6. The molecule has 4 atom stereocenters. The Morgan fingerprint density at radius 2 is 1.59 bits per heavy atom. The summed E-state index contributed by atoms with van der Waals surface area (Å²) in [7, 11) is 0. The highest BCUT2D eigenvalue weighted by atomic mass is 79.9. The third kappa shape index (κ3) is 5.42. The lowest BCUT2D eigenvalue weighted by molar-refractivity contribution is -0.0589. The second kappa shape index (κ2) is 8.94. The summed E-state index contributed by atoms with van der Waals surface area (Å²) in [4.78, 5) is 0. The third-order valence-corrected chi connectivity index (χ3v) is 9.00. The van der Waals surface area contributed by atoms with E-state index in [1.54, 1.807) is 0 Å². The smallest absolute Gasteiger partial charge is 0.123 e. The average Bonchev–Trinajstić information content (AvgIpc) is 2.56. The molecule has 0 heterocycles. The summed E-state index contributed by atoms with van der Waals surface area (Å²) in [6.07, 6.45) is 9.18. The maximum Gasteiger partial charge on any atom is 0.123 e. The van der Waals surface area contributed by atoms with Gasteiger partial charge in [-0.15, -0.1) is 0 Å². The molecule has 2 aliphatic carbocycles. The quantitative estimate of drug-likeness (QED) is 0.382. The number of alkyl halides is 1. The van der Waals surface area contributed by atoms with Crippen LogP contribution in [0.1, 0.15) is 124 Å². The van der Waals surface area contributed by atoms with Gasteiger partial charge in [-0.05, 0) is 89.9 Å². The van der Waals surface area contributed by atoms with Crippen LogP contribution in [0, 0.1) is 28.6 Å². The van der Waals surface area contributed by atoms with Crippen molar-refractivity contribution in [3.8, 4) is 5.75 Å². The van der Waals surface area contributed by atoms with E-state index < -0.39 is 0 Å². The minimum atomic E-state index is 0.0409. The van der Waals surface area contributed by atoms with Crippen molar-refractivity contribution in [2.24, 2.45) is 28.6 Å². The Kier molecular flexibility index (Phi) is 7.29. The Bertz CT molecular complexity index is 813. The second-order valence-corrected chi connectivity index (χ2v) is 14.9. The first-order valence-corrected chi connectivity index (χ1v) is 14.2. The van der Waals surface area contributed by atoms with Crippen LogP contribution in [0.3, 0.4) is 0 Å². The second-order valence-electron chi connectivity index (χ2n) is 14.3. The molecule has 2 saturated carbocycles. The fourth-order valence-corrected chi connectivity index (χ4v) is 8.80. The number of phenols is 1. The van der Waals surface area contributed by atoms with E-state index in [4.69, 9.17) is 0 Å². The molecular weight excluding hydrogens is 456 g/mol. The van der Waals surface area contributed by atoms with Crippen LogP contribution >= 0.6 is 15.9 Å². The van der Waals surface area contributed by atoms with Gasteiger partial charge >= 0.3 is 0 Å². The Labute approximate surface area is 207 Å². The maximum atomic E-state index is 11.4. The molecule has 4 unspecified atom stereocenters. The van der Waals surface area contributed by atoms with Crippen molar-refractivity contribution in [2.75, 3.05) is 0 Å². The molecule has 2 aliphatic rings. The molecule has 0 amide bonds. The molecule has 182 valence electrons. The van der Waals surface area contributed by atoms with Gasteiger partial charge in [0, 0.05) is 16.5 Å². The van der Waals surface area contributed by atoms with Crippen LogP contribution in [-0.2, 0) is 16.2 Å². The first kappa shape index (κ1) is 26.1. The summed E-state index contributed by atoms with van der Waals surface area (Å²) >= 11 is 3.65. The van der Waals surface area contributed by atoms with Crippen molar-refractivity contribution in [2.45, 2.75) is 123 Å². The van der Waals surface area contributed by atoms with Crippen LogP contribution in [0.25, 0.3) is 0 Å². The molecule has 3 rings (SSSR count). The molecule has 2 heteroatoms. The molecule has 32 heavy (non-hydrogen) atoms. The summed E-state index contributed by atoms with van der Waals surface area (Å²) < 4.78 is 0. The van der Waals surface area contributed by atoms with Gasteiger partial charge in [-0.2, -0.15) is 0 Å². The van der Waals surface area contributed by atoms with Crippen LogP contribution in [0.4, 0.5) is 0 Å². The van der Waals surface area contributed by atoms with Gasteiger partial charge in [0.25, 0.3) is 0 Å². The van der Waals surface area contributed by atoms with Crippen LogP contribution in [0.5, 0.6) is 5.75 Å². The number of aromatic hydroxyl groups is 1. The SMILES string of the molecule is CC(C)CC1(C)CC2CC(CC(C)C)(C1)CC(C)(c1cc(C(C)(C)C)cc(CBr)c1O)C2. The average molecular weight is 506 g/mol. The summed E-state index contributed by atoms with van der Waals surface area (Å²) in [5.41, 5.74) is 4.58.